The zero-order valence-electron chi connectivity index (χ0n) is 29.4. The molecule has 0 amide bonds. The molecule has 0 aliphatic carbocycles. The lowest BCUT2D eigenvalue weighted by Crippen LogP contribution is -2.28. The first-order chi connectivity index (χ1) is 22.1. The summed E-state index contributed by atoms with van der Waals surface area (Å²) < 4.78 is 10.6. The summed E-state index contributed by atoms with van der Waals surface area (Å²) in [6, 6.07) is 0. The van der Waals surface area contributed by atoms with E-state index in [0.717, 1.165) is 64.2 Å². The van der Waals surface area contributed by atoms with Gasteiger partial charge in [0.25, 0.3) is 0 Å². The number of unbranched alkanes of at least 4 members (excludes halogenated alkanes) is 17. The van der Waals surface area contributed by atoms with E-state index < -0.39 is 6.10 Å². The monoisotopic (exact) mass is 631 g/mol. The first-order valence-corrected chi connectivity index (χ1v) is 18.7. The molecule has 0 saturated carbocycles. The Balaban J connectivity index is 3.62. The minimum absolute atomic E-state index is 0.0765. The SMILES string of the molecule is CCCCC/C=C\C/C=C\C/C=C\CCCCCCCCC(=O)OC(CO)COC(=O)CCCCCCC/C=C\CCCCC. The molecule has 260 valence electrons. The van der Waals surface area contributed by atoms with E-state index in [1.54, 1.807) is 0 Å². The molecule has 0 bridgehead atoms. The van der Waals surface area contributed by atoms with Crippen LogP contribution in [0.3, 0.4) is 0 Å². The molecule has 0 heterocycles. The summed E-state index contributed by atoms with van der Waals surface area (Å²) in [5, 5.41) is 9.53. The van der Waals surface area contributed by atoms with Gasteiger partial charge < -0.3 is 14.6 Å². The smallest absolute Gasteiger partial charge is 0.306 e. The fraction of sp³-hybridized carbons (Fsp3) is 0.750. The lowest BCUT2D eigenvalue weighted by Gasteiger charge is -2.15. The van der Waals surface area contributed by atoms with Crippen LogP contribution >= 0.6 is 0 Å². The molecular formula is C40H70O5. The topological polar surface area (TPSA) is 72.8 Å². The first-order valence-electron chi connectivity index (χ1n) is 18.7. The Bertz CT molecular complexity index is 767. The molecule has 0 aliphatic heterocycles. The molecule has 0 spiro atoms. The number of allylic oxidation sites excluding steroid dienone is 8. The molecule has 45 heavy (non-hydrogen) atoms. The van der Waals surface area contributed by atoms with Gasteiger partial charge in [0, 0.05) is 12.8 Å². The standard InChI is InChI=1S/C40H70O5/c1-3-5-7-9-11-13-15-17-18-19-20-21-22-23-25-27-29-31-33-35-40(43)45-38(36-41)37-44-39(42)34-32-30-28-26-24-16-14-12-10-8-6-4-2/h11-14,17-18,20-21,38,41H,3-10,15-16,19,22-37H2,1-2H3/b13-11-,14-12-,18-17-,21-20-. The second-order valence-electron chi connectivity index (χ2n) is 12.3. The highest BCUT2D eigenvalue weighted by Gasteiger charge is 2.16. The van der Waals surface area contributed by atoms with Gasteiger partial charge in [0.05, 0.1) is 6.61 Å². The summed E-state index contributed by atoms with van der Waals surface area (Å²) in [5.74, 6) is -0.619. The third-order valence-electron chi connectivity index (χ3n) is 7.85. The van der Waals surface area contributed by atoms with Crippen LogP contribution in [0.4, 0.5) is 0 Å². The lowest BCUT2D eigenvalue weighted by molar-refractivity contribution is -0.161. The Morgan fingerprint density at radius 1 is 0.511 bits per heavy atom. The van der Waals surface area contributed by atoms with Gasteiger partial charge in [-0.3, -0.25) is 9.59 Å². The summed E-state index contributed by atoms with van der Waals surface area (Å²) in [4.78, 5) is 24.2. The average molecular weight is 631 g/mol. The van der Waals surface area contributed by atoms with Gasteiger partial charge in [0.15, 0.2) is 6.10 Å². The molecule has 5 nitrogen and oxygen atoms in total. The Labute approximate surface area is 278 Å². The molecule has 0 aromatic heterocycles. The number of aliphatic hydroxyl groups excluding tert-OH is 1. The summed E-state index contributed by atoms with van der Waals surface area (Å²) in [6.07, 6.45) is 44.5. The average Bonchev–Trinajstić information content (AvgIpc) is 3.04. The van der Waals surface area contributed by atoms with E-state index in [-0.39, 0.29) is 25.2 Å². The number of esters is 2. The minimum Gasteiger partial charge on any atom is -0.462 e. The van der Waals surface area contributed by atoms with E-state index >= 15 is 0 Å². The molecule has 0 aromatic rings. The summed E-state index contributed by atoms with van der Waals surface area (Å²) >= 11 is 0. The van der Waals surface area contributed by atoms with Gasteiger partial charge in [0.2, 0.25) is 0 Å². The van der Waals surface area contributed by atoms with E-state index in [1.807, 2.05) is 0 Å². The molecule has 0 aliphatic rings. The number of aliphatic hydroxyl groups is 1. The molecule has 5 heteroatoms. The number of ether oxygens (including phenoxy) is 2. The maximum absolute atomic E-state index is 12.1. The van der Waals surface area contributed by atoms with Crippen molar-refractivity contribution in [2.45, 2.75) is 180 Å². The Kier molecular flexibility index (Phi) is 34.6. The lowest BCUT2D eigenvalue weighted by atomic mass is 10.1. The van der Waals surface area contributed by atoms with Crippen molar-refractivity contribution in [3.63, 3.8) is 0 Å². The number of rotatable bonds is 33. The Morgan fingerprint density at radius 3 is 1.36 bits per heavy atom. The van der Waals surface area contributed by atoms with Crippen molar-refractivity contribution in [1.82, 2.24) is 0 Å². The van der Waals surface area contributed by atoms with Gasteiger partial charge in [-0.15, -0.1) is 0 Å². The minimum atomic E-state index is -0.780. The molecular weight excluding hydrogens is 560 g/mol. The Hall–Kier alpha value is -2.14. The molecule has 1 unspecified atom stereocenters. The fourth-order valence-corrected chi connectivity index (χ4v) is 4.97. The third-order valence-corrected chi connectivity index (χ3v) is 7.85. The number of hydrogen-bond donors (Lipinski definition) is 1. The molecule has 0 rings (SSSR count). The predicted molar refractivity (Wildman–Crippen MR) is 191 cm³/mol. The van der Waals surface area contributed by atoms with Gasteiger partial charge in [-0.05, 0) is 77.0 Å². The van der Waals surface area contributed by atoms with Crippen LogP contribution in [0.15, 0.2) is 48.6 Å². The predicted octanol–water partition coefficient (Wildman–Crippen LogP) is 11.5. The van der Waals surface area contributed by atoms with E-state index in [0.29, 0.717) is 12.8 Å². The Morgan fingerprint density at radius 2 is 0.889 bits per heavy atom. The second kappa shape index (κ2) is 36.3. The zero-order valence-corrected chi connectivity index (χ0v) is 29.4. The van der Waals surface area contributed by atoms with Crippen LogP contribution in [0.2, 0.25) is 0 Å². The van der Waals surface area contributed by atoms with Gasteiger partial charge in [-0.2, -0.15) is 0 Å². The molecule has 0 saturated heterocycles. The summed E-state index contributed by atoms with van der Waals surface area (Å²) in [5.41, 5.74) is 0. The van der Waals surface area contributed by atoms with Gasteiger partial charge in [-0.25, -0.2) is 0 Å². The van der Waals surface area contributed by atoms with Crippen molar-refractivity contribution in [1.29, 1.82) is 0 Å². The van der Waals surface area contributed by atoms with Crippen LogP contribution in [-0.2, 0) is 19.1 Å². The molecule has 1 N–H and O–H groups in total. The van der Waals surface area contributed by atoms with Crippen molar-refractivity contribution in [2.75, 3.05) is 13.2 Å². The first kappa shape index (κ1) is 42.9. The third kappa shape index (κ3) is 34.6. The van der Waals surface area contributed by atoms with Crippen molar-refractivity contribution >= 4 is 11.9 Å². The van der Waals surface area contributed by atoms with E-state index in [2.05, 4.69) is 62.5 Å². The maximum atomic E-state index is 12.1. The van der Waals surface area contributed by atoms with Crippen LogP contribution in [0.25, 0.3) is 0 Å². The van der Waals surface area contributed by atoms with Crippen molar-refractivity contribution in [3.8, 4) is 0 Å². The molecule has 1 atom stereocenters. The number of carbonyl (C=O) groups excluding carboxylic acids is 2. The van der Waals surface area contributed by atoms with Gasteiger partial charge in [0.1, 0.15) is 6.61 Å². The van der Waals surface area contributed by atoms with Crippen LogP contribution in [0.5, 0.6) is 0 Å². The number of carbonyl (C=O) groups is 2. The normalized spacial score (nSPS) is 12.7. The maximum Gasteiger partial charge on any atom is 0.306 e. The number of hydrogen-bond acceptors (Lipinski definition) is 5. The van der Waals surface area contributed by atoms with E-state index in [4.69, 9.17) is 9.47 Å². The van der Waals surface area contributed by atoms with Crippen molar-refractivity contribution in [2.24, 2.45) is 0 Å². The van der Waals surface area contributed by atoms with Gasteiger partial charge >= 0.3 is 11.9 Å². The fourth-order valence-electron chi connectivity index (χ4n) is 4.97. The van der Waals surface area contributed by atoms with Crippen LogP contribution in [0, 0.1) is 0 Å². The molecule has 0 aromatic carbocycles. The second-order valence-corrected chi connectivity index (χ2v) is 12.3. The van der Waals surface area contributed by atoms with E-state index in [9.17, 15) is 14.7 Å². The molecule has 0 fully saturated rings. The highest BCUT2D eigenvalue weighted by Crippen LogP contribution is 2.12. The van der Waals surface area contributed by atoms with Crippen LogP contribution < -0.4 is 0 Å². The zero-order chi connectivity index (χ0) is 32.9. The largest absolute Gasteiger partial charge is 0.462 e. The van der Waals surface area contributed by atoms with Crippen molar-refractivity contribution < 1.29 is 24.2 Å². The van der Waals surface area contributed by atoms with E-state index in [1.165, 1.54) is 83.5 Å². The van der Waals surface area contributed by atoms with Gasteiger partial charge in [-0.1, -0.05) is 133 Å². The quantitative estimate of drug-likeness (QED) is 0.0444. The van der Waals surface area contributed by atoms with Crippen LogP contribution in [-0.4, -0.2) is 36.4 Å². The molecule has 0 radical (unpaired) electrons. The summed E-state index contributed by atoms with van der Waals surface area (Å²) in [7, 11) is 0. The van der Waals surface area contributed by atoms with Crippen molar-refractivity contribution in [3.05, 3.63) is 48.6 Å². The highest BCUT2D eigenvalue weighted by molar-refractivity contribution is 5.70. The van der Waals surface area contributed by atoms with Crippen LogP contribution in [0.1, 0.15) is 174 Å². The highest BCUT2D eigenvalue weighted by atomic mass is 16.6. The summed E-state index contributed by atoms with van der Waals surface area (Å²) in [6.45, 7) is 4.05.